The van der Waals surface area contributed by atoms with Gasteiger partial charge in [-0.3, -0.25) is 9.36 Å². The summed E-state index contributed by atoms with van der Waals surface area (Å²) in [6.45, 7) is 6.97. The zero-order valence-corrected chi connectivity index (χ0v) is 11.3. The lowest BCUT2D eigenvalue weighted by Crippen LogP contribution is -2.16. The van der Waals surface area contributed by atoms with Crippen LogP contribution in [-0.4, -0.2) is 19.6 Å². The maximum atomic E-state index is 4.52. The molecule has 0 aliphatic carbocycles. The van der Waals surface area contributed by atoms with Gasteiger partial charge in [0.05, 0.1) is 11.4 Å². The summed E-state index contributed by atoms with van der Waals surface area (Å²) in [5.74, 6) is 0.625. The number of hydrogen-bond acceptors (Lipinski definition) is 3. The predicted molar refractivity (Wildman–Crippen MR) is 70.8 cm³/mol. The Labute approximate surface area is 108 Å². The smallest absolute Gasteiger partial charge is 0.0762 e. The Morgan fingerprint density at radius 2 is 2.11 bits per heavy atom. The molecular weight excluding hydrogens is 226 g/mol. The van der Waals surface area contributed by atoms with Gasteiger partial charge < -0.3 is 5.32 Å². The molecule has 1 N–H and O–H groups in total. The van der Waals surface area contributed by atoms with E-state index in [4.69, 9.17) is 0 Å². The van der Waals surface area contributed by atoms with Crippen molar-refractivity contribution in [2.75, 3.05) is 0 Å². The SMILES string of the molecule is CC(C)Cn1ccc(CNCc2ccnn2C)n1. The van der Waals surface area contributed by atoms with Crippen LogP contribution in [0.4, 0.5) is 0 Å². The molecular formula is C13H21N5. The van der Waals surface area contributed by atoms with Gasteiger partial charge in [0, 0.05) is 39.1 Å². The largest absolute Gasteiger partial charge is 0.305 e. The number of aromatic nitrogens is 4. The van der Waals surface area contributed by atoms with Gasteiger partial charge in [-0.25, -0.2) is 0 Å². The molecule has 98 valence electrons. The summed E-state index contributed by atoms with van der Waals surface area (Å²) in [4.78, 5) is 0. The second kappa shape index (κ2) is 5.82. The van der Waals surface area contributed by atoms with Crippen LogP contribution in [-0.2, 0) is 26.7 Å². The van der Waals surface area contributed by atoms with Crippen molar-refractivity contribution >= 4 is 0 Å². The zero-order valence-electron chi connectivity index (χ0n) is 11.3. The first-order valence-electron chi connectivity index (χ1n) is 6.35. The van der Waals surface area contributed by atoms with Gasteiger partial charge in [-0.1, -0.05) is 13.8 Å². The van der Waals surface area contributed by atoms with Crippen LogP contribution in [0.2, 0.25) is 0 Å². The van der Waals surface area contributed by atoms with Crippen molar-refractivity contribution < 1.29 is 0 Å². The lowest BCUT2D eigenvalue weighted by atomic mass is 10.2. The molecule has 0 saturated heterocycles. The minimum Gasteiger partial charge on any atom is -0.305 e. The lowest BCUT2D eigenvalue weighted by molar-refractivity contribution is 0.477. The number of rotatable bonds is 6. The standard InChI is InChI=1S/C13H21N5/c1-11(2)10-18-7-5-12(16-18)8-14-9-13-4-6-15-17(13)3/h4-7,11,14H,8-10H2,1-3H3. The van der Waals surface area contributed by atoms with Gasteiger partial charge >= 0.3 is 0 Å². The van der Waals surface area contributed by atoms with Crippen molar-refractivity contribution in [3.8, 4) is 0 Å². The molecule has 0 aliphatic heterocycles. The van der Waals surface area contributed by atoms with Crippen molar-refractivity contribution in [1.82, 2.24) is 24.9 Å². The molecule has 0 spiro atoms. The van der Waals surface area contributed by atoms with E-state index >= 15 is 0 Å². The van der Waals surface area contributed by atoms with Crippen molar-refractivity contribution in [2.24, 2.45) is 13.0 Å². The summed E-state index contributed by atoms with van der Waals surface area (Å²) in [7, 11) is 1.95. The third kappa shape index (κ3) is 3.43. The van der Waals surface area contributed by atoms with Crippen LogP contribution in [0.25, 0.3) is 0 Å². The van der Waals surface area contributed by atoms with E-state index in [1.54, 1.807) is 0 Å². The van der Waals surface area contributed by atoms with E-state index < -0.39 is 0 Å². The summed E-state index contributed by atoms with van der Waals surface area (Å²) in [5.41, 5.74) is 2.26. The Hall–Kier alpha value is -1.62. The summed E-state index contributed by atoms with van der Waals surface area (Å²) < 4.78 is 3.89. The van der Waals surface area contributed by atoms with Crippen LogP contribution in [0.5, 0.6) is 0 Å². The molecule has 2 heterocycles. The van der Waals surface area contributed by atoms with Crippen LogP contribution in [0.1, 0.15) is 25.2 Å². The normalized spacial score (nSPS) is 11.3. The highest BCUT2D eigenvalue weighted by Gasteiger charge is 2.02. The van der Waals surface area contributed by atoms with E-state index in [-0.39, 0.29) is 0 Å². The van der Waals surface area contributed by atoms with E-state index in [9.17, 15) is 0 Å². The van der Waals surface area contributed by atoms with Crippen LogP contribution < -0.4 is 5.32 Å². The van der Waals surface area contributed by atoms with Gasteiger partial charge in [-0.15, -0.1) is 0 Å². The lowest BCUT2D eigenvalue weighted by Gasteiger charge is -2.05. The topological polar surface area (TPSA) is 47.7 Å². The van der Waals surface area contributed by atoms with Gasteiger partial charge in [0.25, 0.3) is 0 Å². The summed E-state index contributed by atoms with van der Waals surface area (Å²) >= 11 is 0. The first-order valence-corrected chi connectivity index (χ1v) is 6.35. The van der Waals surface area contributed by atoms with Gasteiger partial charge in [0.15, 0.2) is 0 Å². The molecule has 2 aromatic heterocycles. The average molecular weight is 247 g/mol. The Balaban J connectivity index is 1.80. The molecule has 5 nitrogen and oxygen atoms in total. The van der Waals surface area contributed by atoms with Gasteiger partial charge in [0.1, 0.15) is 0 Å². The average Bonchev–Trinajstić information content (AvgIpc) is 2.89. The minimum absolute atomic E-state index is 0.625. The van der Waals surface area contributed by atoms with E-state index in [0.717, 1.165) is 25.3 Å². The first-order chi connectivity index (χ1) is 8.65. The third-order valence-corrected chi connectivity index (χ3v) is 2.78. The van der Waals surface area contributed by atoms with E-state index in [2.05, 4.69) is 35.4 Å². The molecule has 0 radical (unpaired) electrons. The summed E-state index contributed by atoms with van der Waals surface area (Å²) in [5, 5.41) is 12.0. The first kappa shape index (κ1) is 12.8. The number of nitrogens with one attached hydrogen (secondary N) is 1. The Morgan fingerprint density at radius 3 is 2.78 bits per heavy atom. The quantitative estimate of drug-likeness (QED) is 0.842. The number of nitrogens with zero attached hydrogens (tertiary/aromatic N) is 4. The molecule has 0 amide bonds. The highest BCUT2D eigenvalue weighted by molar-refractivity contribution is 5.01. The Morgan fingerprint density at radius 1 is 1.28 bits per heavy atom. The second-order valence-corrected chi connectivity index (χ2v) is 4.97. The second-order valence-electron chi connectivity index (χ2n) is 4.97. The summed E-state index contributed by atoms with van der Waals surface area (Å²) in [6, 6.07) is 4.09. The van der Waals surface area contributed by atoms with Crippen molar-refractivity contribution in [1.29, 1.82) is 0 Å². The van der Waals surface area contributed by atoms with Gasteiger partial charge in [0.2, 0.25) is 0 Å². The number of hydrogen-bond donors (Lipinski definition) is 1. The minimum atomic E-state index is 0.625. The van der Waals surface area contributed by atoms with E-state index in [1.807, 2.05) is 34.9 Å². The summed E-state index contributed by atoms with van der Waals surface area (Å²) in [6.07, 6.45) is 3.86. The fourth-order valence-electron chi connectivity index (χ4n) is 1.87. The highest BCUT2D eigenvalue weighted by atomic mass is 15.3. The van der Waals surface area contributed by atoms with E-state index in [0.29, 0.717) is 5.92 Å². The molecule has 5 heteroatoms. The molecule has 0 aliphatic rings. The molecule has 2 aromatic rings. The third-order valence-electron chi connectivity index (χ3n) is 2.78. The van der Waals surface area contributed by atoms with E-state index in [1.165, 1.54) is 5.69 Å². The monoisotopic (exact) mass is 247 g/mol. The maximum Gasteiger partial charge on any atom is 0.0762 e. The van der Waals surface area contributed by atoms with Crippen molar-refractivity contribution in [2.45, 2.75) is 33.5 Å². The van der Waals surface area contributed by atoms with Gasteiger partial charge in [-0.2, -0.15) is 10.2 Å². The molecule has 0 bridgehead atoms. The number of aryl methyl sites for hydroxylation is 1. The molecule has 18 heavy (non-hydrogen) atoms. The molecule has 0 atom stereocenters. The fraction of sp³-hybridized carbons (Fsp3) is 0.538. The van der Waals surface area contributed by atoms with Crippen LogP contribution in [0, 0.1) is 5.92 Å². The Bertz CT molecular complexity index is 483. The molecule has 2 rings (SSSR count). The maximum absolute atomic E-state index is 4.52. The van der Waals surface area contributed by atoms with Crippen molar-refractivity contribution in [3.63, 3.8) is 0 Å². The highest BCUT2D eigenvalue weighted by Crippen LogP contribution is 2.01. The Kier molecular flexibility index (Phi) is 4.15. The molecule has 0 saturated carbocycles. The predicted octanol–water partition coefficient (Wildman–Crippen LogP) is 1.56. The van der Waals surface area contributed by atoms with Crippen LogP contribution in [0.15, 0.2) is 24.5 Å². The zero-order chi connectivity index (χ0) is 13.0. The van der Waals surface area contributed by atoms with Crippen molar-refractivity contribution in [3.05, 3.63) is 35.9 Å². The van der Waals surface area contributed by atoms with Crippen LogP contribution in [0.3, 0.4) is 0 Å². The fourth-order valence-corrected chi connectivity index (χ4v) is 1.87. The van der Waals surface area contributed by atoms with Crippen LogP contribution >= 0.6 is 0 Å². The molecule has 0 aromatic carbocycles. The van der Waals surface area contributed by atoms with Gasteiger partial charge in [-0.05, 0) is 18.1 Å². The molecule has 0 fully saturated rings. The molecule has 0 unspecified atom stereocenters.